The van der Waals surface area contributed by atoms with E-state index in [2.05, 4.69) is 12.6 Å². The number of benzene rings is 1. The fourth-order valence-electron chi connectivity index (χ4n) is 0.650. The molecule has 55 valence electrons. The van der Waals surface area contributed by atoms with Gasteiger partial charge < -0.3 is 10.5 Å². The molecule has 0 fully saturated rings. The summed E-state index contributed by atoms with van der Waals surface area (Å²) in [6.07, 6.45) is 0. The van der Waals surface area contributed by atoms with E-state index in [1.807, 2.05) is 0 Å². The first-order valence-electron chi connectivity index (χ1n) is 2.86. The molecule has 11 heavy (non-hydrogen) atoms. The molecule has 0 bridgehead atoms. The van der Waals surface area contributed by atoms with Crippen LogP contribution in [0.25, 0.3) is 0 Å². The second kappa shape index (κ2) is 5.45. The van der Waals surface area contributed by atoms with E-state index in [0.717, 1.165) is 10.6 Å². The first-order chi connectivity index (χ1) is 4.74. The molecule has 0 aliphatic rings. The molecule has 0 aliphatic heterocycles. The Bertz CT molecular complexity index is 242. The monoisotopic (exact) mass is 194 g/mol. The molecule has 2 nitrogen and oxygen atoms in total. The molecular formula is C7H9KNOS. The summed E-state index contributed by atoms with van der Waals surface area (Å²) in [4.78, 5) is 0.749. The van der Waals surface area contributed by atoms with E-state index in [-0.39, 0.29) is 51.4 Å². The van der Waals surface area contributed by atoms with E-state index in [1.165, 1.54) is 0 Å². The molecule has 2 N–H and O–H groups in total. The van der Waals surface area contributed by atoms with Crippen LogP contribution in [-0.4, -0.2) is 58.5 Å². The zero-order chi connectivity index (χ0) is 7.56. The summed E-state index contributed by atoms with van der Waals surface area (Å²) >= 11 is 4.12. The Morgan fingerprint density at radius 2 is 2.09 bits per heavy atom. The van der Waals surface area contributed by atoms with Crippen molar-refractivity contribution in [1.82, 2.24) is 0 Å². The van der Waals surface area contributed by atoms with Crippen molar-refractivity contribution < 1.29 is 4.74 Å². The van der Waals surface area contributed by atoms with Gasteiger partial charge in [-0.15, -0.1) is 12.6 Å². The fraction of sp³-hybridized carbons (Fsp3) is 0.143. The topological polar surface area (TPSA) is 35.2 Å². The summed E-state index contributed by atoms with van der Waals surface area (Å²) in [7, 11) is 1.61. The zero-order valence-electron chi connectivity index (χ0n) is 6.66. The molecular weight excluding hydrogens is 185 g/mol. The van der Waals surface area contributed by atoms with Crippen LogP contribution in [0.1, 0.15) is 0 Å². The van der Waals surface area contributed by atoms with Crippen LogP contribution in [0.15, 0.2) is 23.1 Å². The molecule has 4 heteroatoms. The molecule has 0 heterocycles. The van der Waals surface area contributed by atoms with Crippen LogP contribution < -0.4 is 10.5 Å². The number of methoxy groups -OCH3 is 1. The quantitative estimate of drug-likeness (QED) is 0.400. The number of hydrogen-bond acceptors (Lipinski definition) is 3. The van der Waals surface area contributed by atoms with Gasteiger partial charge in [-0.25, -0.2) is 0 Å². The molecule has 1 aromatic carbocycles. The van der Waals surface area contributed by atoms with Gasteiger partial charge in [0.05, 0.1) is 7.11 Å². The Hall–Kier alpha value is 0.806. The van der Waals surface area contributed by atoms with E-state index in [4.69, 9.17) is 10.5 Å². The third kappa shape index (κ3) is 3.35. The maximum Gasteiger partial charge on any atom is 0.120 e. The van der Waals surface area contributed by atoms with Crippen molar-refractivity contribution in [2.75, 3.05) is 12.8 Å². The summed E-state index contributed by atoms with van der Waals surface area (Å²) in [5.74, 6) is 0.777. The minimum Gasteiger partial charge on any atom is -0.497 e. The Balaban J connectivity index is 0.000001000. The number of rotatable bonds is 1. The summed E-state index contributed by atoms with van der Waals surface area (Å²) in [5.41, 5.74) is 6.18. The summed E-state index contributed by atoms with van der Waals surface area (Å²) in [6, 6.07) is 5.34. The summed E-state index contributed by atoms with van der Waals surface area (Å²) in [6.45, 7) is 0. The zero-order valence-corrected chi connectivity index (χ0v) is 10.7. The predicted molar refractivity (Wildman–Crippen MR) is 50.4 cm³/mol. The SMILES string of the molecule is COc1ccc(N)c(S)c1.[K]. The van der Waals surface area contributed by atoms with Gasteiger partial charge in [-0.3, -0.25) is 0 Å². The molecule has 0 saturated carbocycles. The number of hydrogen-bond donors (Lipinski definition) is 2. The van der Waals surface area contributed by atoms with Crippen LogP contribution in [0.4, 0.5) is 5.69 Å². The molecule has 0 spiro atoms. The Kier molecular flexibility index (Phi) is 5.85. The van der Waals surface area contributed by atoms with Crippen molar-refractivity contribution in [1.29, 1.82) is 0 Å². The molecule has 0 saturated heterocycles. The van der Waals surface area contributed by atoms with E-state index >= 15 is 0 Å². The van der Waals surface area contributed by atoms with Gasteiger partial charge in [-0.05, 0) is 18.2 Å². The first-order valence-corrected chi connectivity index (χ1v) is 3.31. The van der Waals surface area contributed by atoms with Gasteiger partial charge in [0.15, 0.2) is 0 Å². The molecule has 1 rings (SSSR count). The Morgan fingerprint density at radius 1 is 1.45 bits per heavy atom. The molecule has 0 unspecified atom stereocenters. The van der Waals surface area contributed by atoms with Gasteiger partial charge in [-0.2, -0.15) is 0 Å². The van der Waals surface area contributed by atoms with Crippen LogP contribution >= 0.6 is 12.6 Å². The molecule has 0 amide bonds. The van der Waals surface area contributed by atoms with E-state index in [9.17, 15) is 0 Å². The first kappa shape index (κ1) is 11.8. The fourth-order valence-corrected chi connectivity index (χ4v) is 0.852. The molecule has 1 aromatic rings. The minimum atomic E-state index is 0. The van der Waals surface area contributed by atoms with E-state index < -0.39 is 0 Å². The molecule has 0 aliphatic carbocycles. The van der Waals surface area contributed by atoms with Crippen LogP contribution in [0, 0.1) is 0 Å². The average molecular weight is 194 g/mol. The average Bonchev–Trinajstić information content (AvgIpc) is 1.95. The van der Waals surface area contributed by atoms with Gasteiger partial charge in [0.1, 0.15) is 5.75 Å². The minimum absolute atomic E-state index is 0. The normalized spacial score (nSPS) is 8.55. The van der Waals surface area contributed by atoms with Crippen molar-refractivity contribution in [3.63, 3.8) is 0 Å². The standard InChI is InChI=1S/C7H9NOS.K/c1-9-5-2-3-6(8)7(10)4-5;/h2-4,10H,8H2,1H3;. The molecule has 0 atom stereocenters. The number of thiol groups is 1. The second-order valence-corrected chi connectivity index (χ2v) is 2.41. The van der Waals surface area contributed by atoms with Crippen LogP contribution in [0.3, 0.4) is 0 Å². The largest absolute Gasteiger partial charge is 0.497 e. The van der Waals surface area contributed by atoms with Gasteiger partial charge in [0.2, 0.25) is 0 Å². The summed E-state index contributed by atoms with van der Waals surface area (Å²) < 4.78 is 4.95. The Labute approximate surface area is 114 Å². The molecule has 0 aromatic heterocycles. The van der Waals surface area contributed by atoms with Crippen LogP contribution in [0.5, 0.6) is 5.75 Å². The van der Waals surface area contributed by atoms with Gasteiger partial charge >= 0.3 is 0 Å². The van der Waals surface area contributed by atoms with Gasteiger partial charge in [-0.1, -0.05) is 0 Å². The number of nitrogens with two attached hydrogens (primary N) is 1. The Morgan fingerprint density at radius 3 is 2.55 bits per heavy atom. The maximum atomic E-state index is 5.51. The third-order valence-corrected chi connectivity index (χ3v) is 1.62. The van der Waals surface area contributed by atoms with E-state index in [0.29, 0.717) is 5.69 Å². The second-order valence-electron chi connectivity index (χ2n) is 1.92. The van der Waals surface area contributed by atoms with Crippen molar-refractivity contribution in [2.24, 2.45) is 0 Å². The van der Waals surface area contributed by atoms with Gasteiger partial charge in [0.25, 0.3) is 0 Å². The number of anilines is 1. The predicted octanol–water partition coefficient (Wildman–Crippen LogP) is 1.19. The summed E-state index contributed by atoms with van der Waals surface area (Å²) in [5, 5.41) is 0. The smallest absolute Gasteiger partial charge is 0.120 e. The maximum absolute atomic E-state index is 5.51. The van der Waals surface area contributed by atoms with Crippen molar-refractivity contribution >= 4 is 69.7 Å². The van der Waals surface area contributed by atoms with Crippen molar-refractivity contribution in [3.05, 3.63) is 18.2 Å². The van der Waals surface area contributed by atoms with Crippen LogP contribution in [-0.2, 0) is 0 Å². The molecule has 1 radical (unpaired) electrons. The number of ether oxygens (including phenoxy) is 1. The van der Waals surface area contributed by atoms with Crippen molar-refractivity contribution in [3.8, 4) is 5.75 Å². The van der Waals surface area contributed by atoms with Crippen LogP contribution in [0.2, 0.25) is 0 Å². The number of nitrogen functional groups attached to an aromatic ring is 1. The van der Waals surface area contributed by atoms with E-state index in [1.54, 1.807) is 25.3 Å². The van der Waals surface area contributed by atoms with Gasteiger partial charge in [0, 0.05) is 62.0 Å². The third-order valence-electron chi connectivity index (χ3n) is 1.24. The van der Waals surface area contributed by atoms with Crippen molar-refractivity contribution in [2.45, 2.75) is 4.90 Å².